The fourth-order valence-corrected chi connectivity index (χ4v) is 7.85. The van der Waals surface area contributed by atoms with E-state index in [1.165, 1.54) is 0 Å². The molecule has 3 N–H and O–H groups in total. The SMILES string of the molecule is CC(C)[C@]12O[C@H]1[C@@H]1O[C@@]13[C@H]1CCC4=C(COC4=O)[C@@H]1C[C@@H]1O[C@@]13[C@@H]2OC(=O)CNCCN. The molecule has 2 spiro atoms. The van der Waals surface area contributed by atoms with Crippen LogP contribution in [0.3, 0.4) is 0 Å². The van der Waals surface area contributed by atoms with E-state index in [-0.39, 0.29) is 54.5 Å². The van der Waals surface area contributed by atoms with Gasteiger partial charge in [-0.2, -0.15) is 0 Å². The lowest BCUT2D eigenvalue weighted by atomic mass is 9.53. The highest BCUT2D eigenvalue weighted by Gasteiger charge is 2.99. The fraction of sp³-hybridized carbons (Fsp3) is 0.826. The summed E-state index contributed by atoms with van der Waals surface area (Å²) in [5.74, 6) is 0.0980. The number of esters is 2. The van der Waals surface area contributed by atoms with Gasteiger partial charge >= 0.3 is 11.9 Å². The van der Waals surface area contributed by atoms with E-state index in [1.807, 2.05) is 0 Å². The highest BCUT2D eigenvalue weighted by molar-refractivity contribution is 5.92. The molecule has 0 radical (unpaired) electrons. The molecule has 0 aromatic rings. The van der Waals surface area contributed by atoms with Crippen LogP contribution >= 0.6 is 0 Å². The van der Waals surface area contributed by atoms with Gasteiger partial charge in [-0.3, -0.25) is 4.79 Å². The first-order valence-electron chi connectivity index (χ1n) is 11.9. The number of fused-ring (bicyclic) bond motifs is 4. The number of carbonyl (C=O) groups excluding carboxylic acids is 2. The van der Waals surface area contributed by atoms with Crippen LogP contribution < -0.4 is 11.1 Å². The van der Waals surface area contributed by atoms with Crippen molar-refractivity contribution in [3.8, 4) is 0 Å². The van der Waals surface area contributed by atoms with Crippen LogP contribution in [0.2, 0.25) is 0 Å². The predicted octanol–water partition coefficient (Wildman–Crippen LogP) is -0.188. The van der Waals surface area contributed by atoms with Crippen molar-refractivity contribution >= 4 is 11.9 Å². The van der Waals surface area contributed by atoms with E-state index in [9.17, 15) is 9.59 Å². The third-order valence-corrected chi connectivity index (χ3v) is 9.24. The smallest absolute Gasteiger partial charge is 0.334 e. The molecule has 4 aliphatic heterocycles. The number of ether oxygens (including phenoxy) is 5. The average Bonchev–Trinajstić information content (AvgIpc) is 3.67. The number of epoxide rings is 3. The van der Waals surface area contributed by atoms with Gasteiger partial charge in [-0.1, -0.05) is 13.8 Å². The molecular formula is C23H30N2O7. The zero-order valence-electron chi connectivity index (χ0n) is 18.4. The first-order valence-corrected chi connectivity index (χ1v) is 11.9. The molecule has 3 saturated heterocycles. The Morgan fingerprint density at radius 3 is 2.88 bits per heavy atom. The summed E-state index contributed by atoms with van der Waals surface area (Å²) in [5, 5.41) is 3.02. The number of cyclic esters (lactones) is 1. The molecule has 7 aliphatic rings. The van der Waals surface area contributed by atoms with Gasteiger partial charge in [0, 0.05) is 24.6 Å². The second kappa shape index (κ2) is 6.13. The van der Waals surface area contributed by atoms with Crippen LogP contribution in [0.5, 0.6) is 0 Å². The molecule has 4 heterocycles. The van der Waals surface area contributed by atoms with Crippen LogP contribution in [0.25, 0.3) is 0 Å². The molecule has 32 heavy (non-hydrogen) atoms. The van der Waals surface area contributed by atoms with E-state index in [1.54, 1.807) is 0 Å². The van der Waals surface area contributed by atoms with Crippen molar-refractivity contribution < 1.29 is 33.3 Å². The molecule has 5 fully saturated rings. The fourth-order valence-electron chi connectivity index (χ4n) is 7.85. The van der Waals surface area contributed by atoms with Crippen LogP contribution in [0.1, 0.15) is 33.1 Å². The van der Waals surface area contributed by atoms with E-state index in [2.05, 4.69) is 19.2 Å². The van der Waals surface area contributed by atoms with Crippen molar-refractivity contribution in [1.29, 1.82) is 0 Å². The molecule has 2 saturated carbocycles. The predicted molar refractivity (Wildman–Crippen MR) is 108 cm³/mol. The molecule has 0 unspecified atom stereocenters. The normalized spacial score (nSPS) is 50.9. The van der Waals surface area contributed by atoms with Gasteiger partial charge in [-0.25, -0.2) is 4.79 Å². The van der Waals surface area contributed by atoms with Crippen LogP contribution in [-0.4, -0.2) is 79.4 Å². The van der Waals surface area contributed by atoms with Crippen molar-refractivity contribution in [3.63, 3.8) is 0 Å². The van der Waals surface area contributed by atoms with E-state index in [4.69, 9.17) is 29.4 Å². The molecule has 9 nitrogen and oxygen atoms in total. The minimum atomic E-state index is -0.666. The zero-order chi connectivity index (χ0) is 22.0. The van der Waals surface area contributed by atoms with Gasteiger partial charge in [-0.05, 0) is 36.7 Å². The summed E-state index contributed by atoms with van der Waals surface area (Å²) in [6.45, 7) is 5.72. The van der Waals surface area contributed by atoms with Crippen LogP contribution in [0.4, 0.5) is 0 Å². The van der Waals surface area contributed by atoms with Gasteiger partial charge in [-0.15, -0.1) is 0 Å². The van der Waals surface area contributed by atoms with Gasteiger partial charge in [0.15, 0.2) is 11.7 Å². The number of hydrogen-bond acceptors (Lipinski definition) is 9. The minimum absolute atomic E-state index is 0.0480. The van der Waals surface area contributed by atoms with E-state index in [0.717, 1.165) is 24.0 Å². The lowest BCUT2D eigenvalue weighted by Crippen LogP contribution is -2.67. The third-order valence-electron chi connectivity index (χ3n) is 9.24. The number of nitrogens with two attached hydrogens (primary N) is 1. The number of rotatable bonds is 6. The second-order valence-corrected chi connectivity index (χ2v) is 10.7. The summed E-state index contributed by atoms with van der Waals surface area (Å²) in [5.41, 5.74) is 5.78. The lowest BCUT2D eigenvalue weighted by molar-refractivity contribution is -0.164. The Morgan fingerprint density at radius 1 is 1.25 bits per heavy atom. The van der Waals surface area contributed by atoms with Crippen LogP contribution in [-0.2, 0) is 33.3 Å². The quantitative estimate of drug-likeness (QED) is 0.324. The van der Waals surface area contributed by atoms with Gasteiger partial charge in [0.05, 0.1) is 12.6 Å². The molecular weight excluding hydrogens is 416 g/mol. The minimum Gasteiger partial charge on any atom is -0.458 e. The van der Waals surface area contributed by atoms with E-state index < -0.39 is 22.9 Å². The number of hydrogen-bond donors (Lipinski definition) is 2. The summed E-state index contributed by atoms with van der Waals surface area (Å²) < 4.78 is 31.0. The van der Waals surface area contributed by atoms with Crippen molar-refractivity contribution in [3.05, 3.63) is 11.1 Å². The van der Waals surface area contributed by atoms with E-state index >= 15 is 0 Å². The Bertz CT molecular complexity index is 951. The Morgan fingerprint density at radius 2 is 2.09 bits per heavy atom. The maximum absolute atomic E-state index is 12.8. The molecule has 0 aromatic heterocycles. The molecule has 7 rings (SSSR count). The van der Waals surface area contributed by atoms with Gasteiger partial charge in [0.1, 0.15) is 30.0 Å². The maximum atomic E-state index is 12.8. The molecule has 9 atom stereocenters. The van der Waals surface area contributed by atoms with Crippen molar-refractivity contribution in [2.75, 3.05) is 26.2 Å². The molecule has 9 heteroatoms. The van der Waals surface area contributed by atoms with Crippen molar-refractivity contribution in [1.82, 2.24) is 5.32 Å². The summed E-state index contributed by atoms with van der Waals surface area (Å²) >= 11 is 0. The van der Waals surface area contributed by atoms with Crippen LogP contribution in [0.15, 0.2) is 11.1 Å². The second-order valence-electron chi connectivity index (χ2n) is 10.7. The highest BCUT2D eigenvalue weighted by atomic mass is 16.8. The first-order chi connectivity index (χ1) is 15.4. The molecule has 0 amide bonds. The molecule has 0 aromatic carbocycles. The van der Waals surface area contributed by atoms with Crippen molar-refractivity contribution in [2.45, 2.75) is 74.3 Å². The maximum Gasteiger partial charge on any atom is 0.334 e. The van der Waals surface area contributed by atoms with Crippen LogP contribution in [0, 0.1) is 17.8 Å². The Labute approximate surface area is 186 Å². The zero-order valence-corrected chi connectivity index (χ0v) is 18.4. The Kier molecular flexibility index (Phi) is 3.81. The van der Waals surface area contributed by atoms with E-state index in [0.29, 0.717) is 26.1 Å². The number of nitrogens with one attached hydrogen (secondary N) is 1. The van der Waals surface area contributed by atoms with Gasteiger partial charge in [0.25, 0.3) is 0 Å². The summed E-state index contributed by atoms with van der Waals surface area (Å²) in [6, 6.07) is 0. The number of carbonyl (C=O) groups is 2. The van der Waals surface area contributed by atoms with Gasteiger partial charge in [0.2, 0.25) is 0 Å². The average molecular weight is 447 g/mol. The largest absolute Gasteiger partial charge is 0.458 e. The topological polar surface area (TPSA) is 128 Å². The van der Waals surface area contributed by atoms with Crippen molar-refractivity contribution in [2.24, 2.45) is 23.5 Å². The summed E-state index contributed by atoms with van der Waals surface area (Å²) in [7, 11) is 0. The molecule has 0 bridgehead atoms. The lowest BCUT2D eigenvalue weighted by Gasteiger charge is -2.47. The Balaban J connectivity index is 1.24. The third kappa shape index (κ3) is 2.09. The first kappa shape index (κ1) is 19.9. The summed E-state index contributed by atoms with van der Waals surface area (Å²) in [6.07, 6.45) is 1.64. The standard InChI is InChI=1S/C23H30N2O7/c1-10(2)21-17(31-21)18-22(32-18)14-4-3-11-13(9-28-19(11)27)12(14)7-15-23(22,30-15)20(21)29-16(26)8-25-6-5-24/h10,12,14-15,17-18,20,25H,3-9,24H2,1-2H3/t12-,14-,15-,17-,18-,20+,21-,22-,23+/m0/s1. The highest BCUT2D eigenvalue weighted by Crippen LogP contribution is 2.80. The summed E-state index contributed by atoms with van der Waals surface area (Å²) in [4.78, 5) is 25.0. The van der Waals surface area contributed by atoms with Gasteiger partial charge < -0.3 is 34.7 Å². The molecule has 3 aliphatic carbocycles. The molecule has 174 valence electrons. The monoisotopic (exact) mass is 446 g/mol. The Hall–Kier alpha value is -1.52.